The van der Waals surface area contributed by atoms with Crippen LogP contribution in [0, 0.1) is 6.92 Å². The van der Waals surface area contributed by atoms with Gasteiger partial charge in [-0.25, -0.2) is 0 Å². The number of aryl methyl sites for hydroxylation is 1. The molecule has 2 fully saturated rings. The van der Waals surface area contributed by atoms with Gasteiger partial charge < -0.3 is 9.32 Å². The number of nitrogens with zero attached hydrogens (tertiary/aromatic N) is 2. The molecule has 2 aliphatic rings. The van der Waals surface area contributed by atoms with Crippen molar-refractivity contribution in [1.82, 2.24) is 9.80 Å². The highest BCUT2D eigenvalue weighted by atomic mass is 16.3. The van der Waals surface area contributed by atoms with Crippen molar-refractivity contribution in [2.24, 2.45) is 0 Å². The predicted molar refractivity (Wildman–Crippen MR) is 81.9 cm³/mol. The van der Waals surface area contributed by atoms with Gasteiger partial charge in [0.1, 0.15) is 11.5 Å². The van der Waals surface area contributed by atoms with Crippen LogP contribution >= 0.6 is 0 Å². The fourth-order valence-corrected chi connectivity index (χ4v) is 4.14. The highest BCUT2D eigenvalue weighted by molar-refractivity contribution is 5.74. The van der Waals surface area contributed by atoms with Gasteiger partial charge in [0.25, 0.3) is 0 Å². The molecule has 1 spiro atoms. The van der Waals surface area contributed by atoms with Crippen LogP contribution in [-0.4, -0.2) is 40.9 Å². The van der Waals surface area contributed by atoms with Crippen LogP contribution in [0.25, 0.3) is 0 Å². The number of carbonyl (C=O) groups is 1. The van der Waals surface area contributed by atoms with Gasteiger partial charge in [0.05, 0.1) is 12.1 Å². The Balaban J connectivity index is 1.73. The molecule has 0 N–H and O–H groups in total. The lowest BCUT2D eigenvalue weighted by molar-refractivity contribution is -0.141. The number of piperidine rings is 2. The number of furan rings is 1. The molecule has 1 aromatic heterocycles. The summed E-state index contributed by atoms with van der Waals surface area (Å²) < 4.78 is 5.71. The van der Waals surface area contributed by atoms with Crippen molar-refractivity contribution in [2.45, 2.75) is 58.0 Å². The molecule has 1 atom stereocenters. The van der Waals surface area contributed by atoms with Gasteiger partial charge in [-0.15, -0.1) is 0 Å². The zero-order chi connectivity index (χ0) is 14.9. The first kappa shape index (κ1) is 14.6. The Labute approximate surface area is 127 Å². The Morgan fingerprint density at radius 3 is 2.76 bits per heavy atom. The summed E-state index contributed by atoms with van der Waals surface area (Å²) in [6.45, 7) is 7.60. The lowest BCUT2D eigenvalue weighted by Crippen LogP contribution is -2.61. The van der Waals surface area contributed by atoms with Crippen molar-refractivity contribution in [3.63, 3.8) is 0 Å². The molecule has 0 aliphatic carbocycles. The second-order valence-electron chi connectivity index (χ2n) is 6.68. The third-order valence-corrected chi connectivity index (χ3v) is 5.04. The first-order chi connectivity index (χ1) is 10.1. The standard InChI is InChI=1S/C17H26N2O2/c1-14-6-7-16(21-14)12-18-10-5-9-17(13-18)8-3-4-11-19(17)15(2)20/h6-7H,3-5,8-13H2,1-2H3/t17-/m1/s1. The van der Waals surface area contributed by atoms with E-state index in [2.05, 4.69) is 15.9 Å². The average molecular weight is 290 g/mol. The van der Waals surface area contributed by atoms with Gasteiger partial charge in [0.15, 0.2) is 0 Å². The second kappa shape index (κ2) is 5.84. The summed E-state index contributed by atoms with van der Waals surface area (Å²) in [5.74, 6) is 2.25. The van der Waals surface area contributed by atoms with E-state index in [0.29, 0.717) is 0 Å². The van der Waals surface area contributed by atoms with Crippen LogP contribution in [0.1, 0.15) is 50.5 Å². The van der Waals surface area contributed by atoms with E-state index in [9.17, 15) is 4.79 Å². The minimum absolute atomic E-state index is 0.0734. The van der Waals surface area contributed by atoms with Crippen LogP contribution in [0.5, 0.6) is 0 Å². The van der Waals surface area contributed by atoms with Crippen LogP contribution in [0.15, 0.2) is 16.5 Å². The molecular weight excluding hydrogens is 264 g/mol. The Bertz CT molecular complexity index is 507. The molecule has 2 aliphatic heterocycles. The molecule has 21 heavy (non-hydrogen) atoms. The minimum atomic E-state index is 0.0734. The van der Waals surface area contributed by atoms with Gasteiger partial charge in [-0.2, -0.15) is 0 Å². The fourth-order valence-electron chi connectivity index (χ4n) is 4.14. The first-order valence-corrected chi connectivity index (χ1v) is 8.15. The summed E-state index contributed by atoms with van der Waals surface area (Å²) in [5, 5.41) is 0. The molecule has 0 radical (unpaired) electrons. The fraction of sp³-hybridized carbons (Fsp3) is 0.706. The van der Waals surface area contributed by atoms with Gasteiger partial charge in [0, 0.05) is 20.0 Å². The number of rotatable bonds is 2. The molecular formula is C17H26N2O2. The van der Waals surface area contributed by atoms with Crippen LogP contribution in [0.2, 0.25) is 0 Å². The summed E-state index contributed by atoms with van der Waals surface area (Å²) in [5.41, 5.74) is 0.0734. The van der Waals surface area contributed by atoms with Crippen molar-refractivity contribution in [3.05, 3.63) is 23.7 Å². The molecule has 3 heterocycles. The van der Waals surface area contributed by atoms with E-state index >= 15 is 0 Å². The van der Waals surface area contributed by atoms with Gasteiger partial charge in [0.2, 0.25) is 5.91 Å². The number of amides is 1. The summed E-state index contributed by atoms with van der Waals surface area (Å²) in [6, 6.07) is 4.09. The molecule has 4 heteroatoms. The summed E-state index contributed by atoms with van der Waals surface area (Å²) in [4.78, 5) is 16.6. The van der Waals surface area contributed by atoms with Crippen LogP contribution < -0.4 is 0 Å². The van der Waals surface area contributed by atoms with Crippen LogP contribution in [0.4, 0.5) is 0 Å². The highest BCUT2D eigenvalue weighted by Gasteiger charge is 2.43. The quantitative estimate of drug-likeness (QED) is 0.840. The number of hydrogen-bond acceptors (Lipinski definition) is 3. The van der Waals surface area contributed by atoms with Crippen molar-refractivity contribution in [2.75, 3.05) is 19.6 Å². The van der Waals surface area contributed by atoms with Crippen LogP contribution in [-0.2, 0) is 11.3 Å². The van der Waals surface area contributed by atoms with Gasteiger partial charge >= 0.3 is 0 Å². The Morgan fingerprint density at radius 1 is 1.24 bits per heavy atom. The smallest absolute Gasteiger partial charge is 0.219 e. The molecule has 1 amide bonds. The number of likely N-dealkylation sites (tertiary alicyclic amines) is 2. The highest BCUT2D eigenvalue weighted by Crippen LogP contribution is 2.36. The topological polar surface area (TPSA) is 36.7 Å². The molecule has 0 saturated carbocycles. The van der Waals surface area contributed by atoms with Crippen molar-refractivity contribution >= 4 is 5.91 Å². The maximum Gasteiger partial charge on any atom is 0.219 e. The predicted octanol–water partition coefficient (Wildman–Crippen LogP) is 2.96. The average Bonchev–Trinajstić information content (AvgIpc) is 2.84. The molecule has 4 nitrogen and oxygen atoms in total. The van der Waals surface area contributed by atoms with E-state index in [-0.39, 0.29) is 11.4 Å². The Morgan fingerprint density at radius 2 is 2.05 bits per heavy atom. The minimum Gasteiger partial charge on any atom is -0.465 e. The SMILES string of the molecule is CC(=O)N1CCCC[C@]12CCCN(Cc1ccc(C)o1)C2. The van der Waals surface area contributed by atoms with E-state index < -0.39 is 0 Å². The zero-order valence-electron chi connectivity index (χ0n) is 13.2. The molecule has 0 bridgehead atoms. The van der Waals surface area contributed by atoms with E-state index in [1.54, 1.807) is 6.92 Å². The lowest BCUT2D eigenvalue weighted by atomic mass is 9.79. The van der Waals surface area contributed by atoms with Gasteiger partial charge in [-0.05, 0) is 57.7 Å². The Hall–Kier alpha value is -1.29. The number of carbonyl (C=O) groups excluding carboxylic acids is 1. The second-order valence-corrected chi connectivity index (χ2v) is 6.68. The normalized spacial score (nSPS) is 27.2. The third kappa shape index (κ3) is 3.00. The lowest BCUT2D eigenvalue weighted by Gasteiger charge is -2.52. The summed E-state index contributed by atoms with van der Waals surface area (Å²) in [6.07, 6.45) is 5.88. The van der Waals surface area contributed by atoms with E-state index in [0.717, 1.165) is 57.0 Å². The van der Waals surface area contributed by atoms with Crippen molar-refractivity contribution in [1.29, 1.82) is 0 Å². The van der Waals surface area contributed by atoms with Gasteiger partial charge in [-0.3, -0.25) is 9.69 Å². The first-order valence-electron chi connectivity index (χ1n) is 8.15. The maximum atomic E-state index is 12.0. The Kier molecular flexibility index (Phi) is 4.07. The van der Waals surface area contributed by atoms with Crippen molar-refractivity contribution in [3.8, 4) is 0 Å². The van der Waals surface area contributed by atoms with Gasteiger partial charge in [-0.1, -0.05) is 0 Å². The summed E-state index contributed by atoms with van der Waals surface area (Å²) in [7, 11) is 0. The zero-order valence-corrected chi connectivity index (χ0v) is 13.2. The van der Waals surface area contributed by atoms with E-state index in [4.69, 9.17) is 4.42 Å². The largest absolute Gasteiger partial charge is 0.465 e. The maximum absolute atomic E-state index is 12.0. The van der Waals surface area contributed by atoms with E-state index in [1.165, 1.54) is 12.8 Å². The number of hydrogen-bond donors (Lipinski definition) is 0. The molecule has 1 aromatic rings. The molecule has 3 rings (SSSR count). The van der Waals surface area contributed by atoms with Crippen LogP contribution in [0.3, 0.4) is 0 Å². The third-order valence-electron chi connectivity index (χ3n) is 5.04. The summed E-state index contributed by atoms with van der Waals surface area (Å²) >= 11 is 0. The van der Waals surface area contributed by atoms with Crippen molar-refractivity contribution < 1.29 is 9.21 Å². The van der Waals surface area contributed by atoms with E-state index in [1.807, 2.05) is 13.0 Å². The molecule has 116 valence electrons. The molecule has 0 aromatic carbocycles. The molecule has 2 saturated heterocycles. The molecule has 0 unspecified atom stereocenters. The monoisotopic (exact) mass is 290 g/mol.